The van der Waals surface area contributed by atoms with Gasteiger partial charge in [0.15, 0.2) is 5.76 Å². The summed E-state index contributed by atoms with van der Waals surface area (Å²) < 4.78 is 5.81. The van der Waals surface area contributed by atoms with Crippen molar-refractivity contribution in [3.8, 4) is 11.3 Å². The third-order valence-corrected chi connectivity index (χ3v) is 3.72. The second-order valence-corrected chi connectivity index (χ2v) is 5.32. The summed E-state index contributed by atoms with van der Waals surface area (Å²) in [6, 6.07) is 10.3. The maximum absolute atomic E-state index is 6.03. The molecule has 2 unspecified atom stereocenters. The minimum absolute atomic E-state index is 0.267. The number of nitrogens with zero attached hydrogens (tertiary/aromatic N) is 2. The first kappa shape index (κ1) is 12.4. The Labute approximate surface area is 113 Å². The molecule has 4 nitrogen and oxygen atoms in total. The van der Waals surface area contributed by atoms with Gasteiger partial charge in [0.1, 0.15) is 0 Å². The van der Waals surface area contributed by atoms with Crippen LogP contribution in [0, 0.1) is 5.92 Å². The molecule has 100 valence electrons. The van der Waals surface area contributed by atoms with Crippen molar-refractivity contribution in [1.29, 1.82) is 0 Å². The molecule has 2 atom stereocenters. The number of benzene rings is 1. The van der Waals surface area contributed by atoms with Gasteiger partial charge in [0, 0.05) is 24.7 Å². The molecule has 2 N–H and O–H groups in total. The molecule has 4 heteroatoms. The van der Waals surface area contributed by atoms with Crippen LogP contribution in [0.25, 0.3) is 11.3 Å². The summed E-state index contributed by atoms with van der Waals surface area (Å²) in [5.74, 6) is 2.14. The van der Waals surface area contributed by atoms with Crippen molar-refractivity contribution in [2.75, 3.05) is 13.1 Å². The lowest BCUT2D eigenvalue weighted by molar-refractivity contribution is 0.283. The molecule has 1 aromatic heterocycles. The van der Waals surface area contributed by atoms with Gasteiger partial charge in [-0.25, -0.2) is 4.98 Å². The van der Waals surface area contributed by atoms with Gasteiger partial charge in [-0.3, -0.25) is 4.90 Å². The molecule has 0 spiro atoms. The number of hydrogen-bond donors (Lipinski definition) is 1. The van der Waals surface area contributed by atoms with E-state index in [2.05, 4.69) is 16.8 Å². The highest BCUT2D eigenvalue weighted by Crippen LogP contribution is 2.22. The Bertz CT molecular complexity index is 527. The molecular formula is C15H19N3O. The van der Waals surface area contributed by atoms with E-state index < -0.39 is 0 Å². The van der Waals surface area contributed by atoms with Gasteiger partial charge < -0.3 is 10.2 Å². The Morgan fingerprint density at radius 3 is 2.79 bits per heavy atom. The third-order valence-electron chi connectivity index (χ3n) is 3.72. The molecule has 1 aromatic carbocycles. The largest absolute Gasteiger partial charge is 0.439 e. The van der Waals surface area contributed by atoms with E-state index in [0.29, 0.717) is 5.92 Å². The first-order chi connectivity index (χ1) is 9.22. The van der Waals surface area contributed by atoms with Crippen molar-refractivity contribution in [2.45, 2.75) is 19.5 Å². The molecule has 1 aliphatic heterocycles. The van der Waals surface area contributed by atoms with E-state index in [9.17, 15) is 0 Å². The summed E-state index contributed by atoms with van der Waals surface area (Å²) in [6.45, 7) is 4.87. The lowest BCUT2D eigenvalue weighted by atomic mass is 10.1. The highest BCUT2D eigenvalue weighted by Gasteiger charge is 2.27. The summed E-state index contributed by atoms with van der Waals surface area (Å²) >= 11 is 0. The topological polar surface area (TPSA) is 55.3 Å². The quantitative estimate of drug-likeness (QED) is 0.915. The van der Waals surface area contributed by atoms with Crippen LogP contribution < -0.4 is 5.73 Å². The molecule has 0 bridgehead atoms. The average Bonchev–Trinajstić information content (AvgIpc) is 2.99. The minimum atomic E-state index is 0.267. The monoisotopic (exact) mass is 257 g/mol. The van der Waals surface area contributed by atoms with Gasteiger partial charge in [-0.15, -0.1) is 0 Å². The molecule has 1 saturated heterocycles. The maximum Gasteiger partial charge on any atom is 0.209 e. The number of hydrogen-bond acceptors (Lipinski definition) is 4. The van der Waals surface area contributed by atoms with Crippen LogP contribution in [-0.4, -0.2) is 29.0 Å². The van der Waals surface area contributed by atoms with Crippen molar-refractivity contribution < 1.29 is 4.42 Å². The number of aromatic nitrogens is 1. The molecule has 0 aliphatic carbocycles. The molecule has 3 rings (SSSR count). The van der Waals surface area contributed by atoms with E-state index in [4.69, 9.17) is 10.2 Å². The Morgan fingerprint density at radius 2 is 2.11 bits per heavy atom. The van der Waals surface area contributed by atoms with Crippen LogP contribution in [0.15, 0.2) is 40.9 Å². The minimum Gasteiger partial charge on any atom is -0.439 e. The number of likely N-dealkylation sites (tertiary alicyclic amines) is 1. The zero-order chi connectivity index (χ0) is 13.2. The molecule has 0 amide bonds. The summed E-state index contributed by atoms with van der Waals surface area (Å²) in [6.07, 6.45) is 1.80. The lowest BCUT2D eigenvalue weighted by Crippen LogP contribution is -2.28. The van der Waals surface area contributed by atoms with E-state index in [1.165, 1.54) is 0 Å². The summed E-state index contributed by atoms with van der Waals surface area (Å²) in [7, 11) is 0. The summed E-state index contributed by atoms with van der Waals surface area (Å²) in [5.41, 5.74) is 7.09. The maximum atomic E-state index is 6.03. The predicted octanol–water partition coefficient (Wildman–Crippen LogP) is 2.12. The van der Waals surface area contributed by atoms with Gasteiger partial charge in [0.05, 0.1) is 12.7 Å². The van der Waals surface area contributed by atoms with Gasteiger partial charge in [-0.05, 0) is 5.92 Å². The standard InChI is InChI=1S/C15H19N3O/c1-11-8-18(9-13(11)16)10-15-17-7-14(19-15)12-5-3-2-4-6-12/h2-7,11,13H,8-10,16H2,1H3. The predicted molar refractivity (Wildman–Crippen MR) is 74.4 cm³/mol. The van der Waals surface area contributed by atoms with Gasteiger partial charge >= 0.3 is 0 Å². The SMILES string of the molecule is CC1CN(Cc2ncc(-c3ccccc3)o2)CC1N. The van der Waals surface area contributed by atoms with E-state index in [0.717, 1.165) is 36.8 Å². The Hall–Kier alpha value is -1.65. The molecule has 0 radical (unpaired) electrons. The molecular weight excluding hydrogens is 238 g/mol. The molecule has 1 fully saturated rings. The van der Waals surface area contributed by atoms with Crippen molar-refractivity contribution >= 4 is 0 Å². The highest BCUT2D eigenvalue weighted by atomic mass is 16.4. The fraction of sp³-hybridized carbons (Fsp3) is 0.400. The molecule has 2 heterocycles. The van der Waals surface area contributed by atoms with Gasteiger partial charge in [0.25, 0.3) is 0 Å². The van der Waals surface area contributed by atoms with Crippen molar-refractivity contribution in [3.05, 3.63) is 42.4 Å². The van der Waals surface area contributed by atoms with Crippen molar-refractivity contribution in [1.82, 2.24) is 9.88 Å². The van der Waals surface area contributed by atoms with Crippen LogP contribution in [0.4, 0.5) is 0 Å². The van der Waals surface area contributed by atoms with Crippen LogP contribution >= 0.6 is 0 Å². The number of nitrogens with two attached hydrogens (primary N) is 1. The molecule has 19 heavy (non-hydrogen) atoms. The Balaban J connectivity index is 1.69. The van der Waals surface area contributed by atoms with Crippen LogP contribution in [0.2, 0.25) is 0 Å². The summed E-state index contributed by atoms with van der Waals surface area (Å²) in [4.78, 5) is 6.66. The second kappa shape index (κ2) is 5.15. The second-order valence-electron chi connectivity index (χ2n) is 5.32. The molecule has 1 aliphatic rings. The van der Waals surface area contributed by atoms with E-state index in [-0.39, 0.29) is 6.04 Å². The van der Waals surface area contributed by atoms with Crippen LogP contribution in [0.3, 0.4) is 0 Å². The first-order valence-electron chi connectivity index (χ1n) is 6.70. The number of oxazole rings is 1. The van der Waals surface area contributed by atoms with Gasteiger partial charge in [-0.2, -0.15) is 0 Å². The fourth-order valence-corrected chi connectivity index (χ4v) is 2.53. The van der Waals surface area contributed by atoms with Gasteiger partial charge in [-0.1, -0.05) is 37.3 Å². The number of rotatable bonds is 3. The normalized spacial score (nSPS) is 23.9. The van der Waals surface area contributed by atoms with Crippen molar-refractivity contribution in [2.24, 2.45) is 11.7 Å². The van der Waals surface area contributed by atoms with Crippen LogP contribution in [0.5, 0.6) is 0 Å². The van der Waals surface area contributed by atoms with E-state index in [1.54, 1.807) is 6.20 Å². The summed E-state index contributed by atoms with van der Waals surface area (Å²) in [5, 5.41) is 0. The zero-order valence-corrected chi connectivity index (χ0v) is 11.1. The zero-order valence-electron chi connectivity index (χ0n) is 11.1. The van der Waals surface area contributed by atoms with Crippen molar-refractivity contribution in [3.63, 3.8) is 0 Å². The van der Waals surface area contributed by atoms with Crippen LogP contribution in [0.1, 0.15) is 12.8 Å². The van der Waals surface area contributed by atoms with E-state index >= 15 is 0 Å². The van der Waals surface area contributed by atoms with Crippen LogP contribution in [-0.2, 0) is 6.54 Å². The van der Waals surface area contributed by atoms with Gasteiger partial charge in [0.2, 0.25) is 5.89 Å². The Morgan fingerprint density at radius 1 is 1.32 bits per heavy atom. The fourth-order valence-electron chi connectivity index (χ4n) is 2.53. The lowest BCUT2D eigenvalue weighted by Gasteiger charge is -2.11. The smallest absolute Gasteiger partial charge is 0.209 e. The van der Waals surface area contributed by atoms with E-state index in [1.807, 2.05) is 30.3 Å². The molecule has 2 aromatic rings. The average molecular weight is 257 g/mol. The highest BCUT2D eigenvalue weighted by molar-refractivity contribution is 5.55. The third kappa shape index (κ3) is 2.69. The molecule has 0 saturated carbocycles. The Kier molecular flexibility index (Phi) is 3.36. The first-order valence-corrected chi connectivity index (χ1v) is 6.70.